The Labute approximate surface area is 150 Å². The number of hydrogen-bond acceptors (Lipinski definition) is 6. The number of ether oxygens (including phenoxy) is 2. The summed E-state index contributed by atoms with van der Waals surface area (Å²) in [6.45, 7) is 2.08. The molecule has 1 aliphatic rings. The fourth-order valence-electron chi connectivity index (χ4n) is 2.59. The van der Waals surface area contributed by atoms with E-state index in [9.17, 15) is 26.7 Å². The lowest BCUT2D eigenvalue weighted by Crippen LogP contribution is -2.43. The highest BCUT2D eigenvalue weighted by Crippen LogP contribution is 2.35. The Balaban J connectivity index is 2.32. The lowest BCUT2D eigenvalue weighted by Gasteiger charge is -2.31. The number of halogens is 3. The van der Waals surface area contributed by atoms with Gasteiger partial charge in [-0.05, 0) is 17.7 Å². The zero-order chi connectivity index (χ0) is 19.4. The molecule has 2 rings (SSSR count). The van der Waals surface area contributed by atoms with Gasteiger partial charge < -0.3 is 14.6 Å². The second-order valence-corrected chi connectivity index (χ2v) is 7.70. The van der Waals surface area contributed by atoms with Gasteiger partial charge in [-0.15, -0.1) is 13.2 Å². The highest BCUT2D eigenvalue weighted by Gasteiger charge is 2.34. The summed E-state index contributed by atoms with van der Waals surface area (Å²) in [6, 6.07) is 3.43. The van der Waals surface area contributed by atoms with Crippen LogP contribution >= 0.6 is 0 Å². The molecule has 0 aliphatic carbocycles. The average molecular weight is 398 g/mol. The minimum atomic E-state index is -4.97. The number of hydrogen-bond donors (Lipinski definition) is 1. The summed E-state index contributed by atoms with van der Waals surface area (Å²) in [4.78, 5) is 1.96. The van der Waals surface area contributed by atoms with Crippen LogP contribution in [0.5, 0.6) is 5.75 Å². The molecule has 0 unspecified atom stereocenters. The molecule has 148 valence electrons. The van der Waals surface area contributed by atoms with Crippen LogP contribution in [0.2, 0.25) is 0 Å². The maximum atomic E-state index is 12.7. The summed E-state index contributed by atoms with van der Waals surface area (Å²) in [5.74, 6) is -0.637. The van der Waals surface area contributed by atoms with Crippen molar-refractivity contribution in [3.8, 4) is 5.75 Å². The van der Waals surface area contributed by atoms with Crippen molar-refractivity contribution in [2.24, 2.45) is 0 Å². The van der Waals surface area contributed by atoms with E-state index in [1.54, 1.807) is 0 Å². The SMILES string of the molecule is CS(=O)(=O)N(CCN1CCOCC1)c1cc(CO)ccc1OC(F)(F)F. The zero-order valence-electron chi connectivity index (χ0n) is 14.2. The van der Waals surface area contributed by atoms with Crippen molar-refractivity contribution < 1.29 is 36.2 Å². The fraction of sp³-hybridized carbons (Fsp3) is 0.600. The van der Waals surface area contributed by atoms with Gasteiger partial charge in [-0.2, -0.15) is 0 Å². The molecular weight excluding hydrogens is 377 g/mol. The second kappa shape index (κ2) is 8.42. The van der Waals surface area contributed by atoms with Crippen LogP contribution in [0.4, 0.5) is 18.9 Å². The minimum absolute atomic E-state index is 0.0536. The number of sulfonamides is 1. The molecule has 0 spiro atoms. The normalized spacial score (nSPS) is 16.5. The lowest BCUT2D eigenvalue weighted by atomic mass is 10.2. The monoisotopic (exact) mass is 398 g/mol. The number of benzene rings is 1. The van der Waals surface area contributed by atoms with E-state index in [1.165, 1.54) is 12.1 Å². The molecular formula is C15H21F3N2O5S. The molecule has 0 amide bonds. The van der Waals surface area contributed by atoms with Crippen molar-refractivity contribution in [3.05, 3.63) is 23.8 Å². The van der Waals surface area contributed by atoms with E-state index < -0.39 is 28.7 Å². The van der Waals surface area contributed by atoms with Gasteiger partial charge in [-0.3, -0.25) is 9.21 Å². The number of alkyl halides is 3. The standard InChI is InChI=1S/C15H21F3N2O5S/c1-26(22,23)20(5-4-19-6-8-24-9-7-19)13-10-12(11-21)2-3-14(13)25-15(16,17)18/h2-3,10,21H,4-9,11H2,1H3. The molecule has 1 aromatic carbocycles. The summed E-state index contributed by atoms with van der Waals surface area (Å²) in [5.41, 5.74) is 0.0131. The molecule has 1 aromatic rings. The molecule has 0 atom stereocenters. The van der Waals surface area contributed by atoms with Gasteiger partial charge in [0, 0.05) is 26.2 Å². The fourth-order valence-corrected chi connectivity index (χ4v) is 3.50. The molecule has 26 heavy (non-hydrogen) atoms. The number of aliphatic hydroxyl groups excluding tert-OH is 1. The molecule has 0 saturated carbocycles. The molecule has 1 fully saturated rings. The Kier molecular flexibility index (Phi) is 6.72. The Morgan fingerprint density at radius 1 is 1.31 bits per heavy atom. The van der Waals surface area contributed by atoms with Gasteiger partial charge >= 0.3 is 6.36 Å². The average Bonchev–Trinajstić information content (AvgIpc) is 2.54. The van der Waals surface area contributed by atoms with Crippen molar-refractivity contribution in [2.75, 3.05) is 50.0 Å². The van der Waals surface area contributed by atoms with Crippen molar-refractivity contribution >= 4 is 15.7 Å². The van der Waals surface area contributed by atoms with Crippen LogP contribution in [0.25, 0.3) is 0 Å². The first-order valence-corrected chi connectivity index (χ1v) is 9.72. The first-order valence-electron chi connectivity index (χ1n) is 7.87. The third kappa shape index (κ3) is 6.01. The minimum Gasteiger partial charge on any atom is -0.404 e. The smallest absolute Gasteiger partial charge is 0.404 e. The van der Waals surface area contributed by atoms with E-state index in [1.807, 2.05) is 4.90 Å². The molecule has 1 N–H and O–H groups in total. The topological polar surface area (TPSA) is 79.3 Å². The van der Waals surface area contributed by atoms with Gasteiger partial charge in [0.15, 0.2) is 5.75 Å². The van der Waals surface area contributed by atoms with Crippen LogP contribution in [0.15, 0.2) is 18.2 Å². The summed E-state index contributed by atoms with van der Waals surface area (Å²) in [6.07, 6.45) is -4.06. The number of anilines is 1. The van der Waals surface area contributed by atoms with E-state index >= 15 is 0 Å². The van der Waals surface area contributed by atoms with Crippen LogP contribution in [0.1, 0.15) is 5.56 Å². The first-order chi connectivity index (χ1) is 12.1. The molecule has 1 aliphatic heterocycles. The van der Waals surface area contributed by atoms with E-state index in [2.05, 4.69) is 4.74 Å². The van der Waals surface area contributed by atoms with E-state index in [0.717, 1.165) is 16.6 Å². The maximum Gasteiger partial charge on any atom is 0.573 e. The van der Waals surface area contributed by atoms with Gasteiger partial charge in [-0.1, -0.05) is 6.07 Å². The van der Waals surface area contributed by atoms with Gasteiger partial charge in [0.25, 0.3) is 0 Å². The highest BCUT2D eigenvalue weighted by atomic mass is 32.2. The molecule has 11 heteroatoms. The van der Waals surface area contributed by atoms with Crippen LogP contribution in [0.3, 0.4) is 0 Å². The van der Waals surface area contributed by atoms with E-state index in [-0.39, 0.29) is 17.8 Å². The first kappa shape index (κ1) is 20.7. The molecule has 0 aromatic heterocycles. The number of morpholine rings is 1. The molecule has 7 nitrogen and oxygen atoms in total. The summed E-state index contributed by atoms with van der Waals surface area (Å²) >= 11 is 0. The highest BCUT2D eigenvalue weighted by molar-refractivity contribution is 7.92. The largest absolute Gasteiger partial charge is 0.573 e. The summed E-state index contributed by atoms with van der Waals surface area (Å²) < 4.78 is 72.5. The summed E-state index contributed by atoms with van der Waals surface area (Å²) in [5, 5.41) is 9.25. The Morgan fingerprint density at radius 3 is 2.50 bits per heavy atom. The maximum absolute atomic E-state index is 12.7. The van der Waals surface area contributed by atoms with Crippen molar-refractivity contribution in [3.63, 3.8) is 0 Å². The van der Waals surface area contributed by atoms with Gasteiger partial charge in [0.05, 0.1) is 31.8 Å². The Morgan fingerprint density at radius 2 is 1.96 bits per heavy atom. The van der Waals surface area contributed by atoms with Gasteiger partial charge in [0.1, 0.15) is 0 Å². The van der Waals surface area contributed by atoms with Gasteiger partial charge in [0.2, 0.25) is 10.0 Å². The second-order valence-electron chi connectivity index (χ2n) is 5.80. The van der Waals surface area contributed by atoms with Crippen LogP contribution in [0, 0.1) is 0 Å². The lowest BCUT2D eigenvalue weighted by molar-refractivity contribution is -0.274. The summed E-state index contributed by atoms with van der Waals surface area (Å²) in [7, 11) is -3.88. The van der Waals surface area contributed by atoms with E-state index in [0.29, 0.717) is 32.8 Å². The molecule has 0 bridgehead atoms. The van der Waals surface area contributed by atoms with E-state index in [4.69, 9.17) is 4.74 Å². The molecule has 1 heterocycles. The van der Waals surface area contributed by atoms with Crippen molar-refractivity contribution in [2.45, 2.75) is 13.0 Å². The van der Waals surface area contributed by atoms with Crippen LogP contribution in [-0.4, -0.2) is 70.4 Å². The predicted molar refractivity (Wildman–Crippen MR) is 88.5 cm³/mol. The number of rotatable bonds is 7. The Hall–Kier alpha value is -1.56. The van der Waals surface area contributed by atoms with Crippen LogP contribution in [-0.2, 0) is 21.4 Å². The molecule has 0 radical (unpaired) electrons. The quantitative estimate of drug-likeness (QED) is 0.743. The zero-order valence-corrected chi connectivity index (χ0v) is 15.0. The molecule has 1 saturated heterocycles. The number of nitrogens with zero attached hydrogens (tertiary/aromatic N) is 2. The number of aliphatic hydroxyl groups is 1. The third-order valence-corrected chi connectivity index (χ3v) is 5.00. The predicted octanol–water partition coefficient (Wildman–Crippen LogP) is 1.18. The van der Waals surface area contributed by atoms with Crippen molar-refractivity contribution in [1.82, 2.24) is 4.90 Å². The third-order valence-electron chi connectivity index (χ3n) is 3.82. The van der Waals surface area contributed by atoms with Crippen LogP contribution < -0.4 is 9.04 Å². The van der Waals surface area contributed by atoms with Crippen molar-refractivity contribution in [1.29, 1.82) is 0 Å². The Bertz CT molecular complexity index is 706. The van der Waals surface area contributed by atoms with Gasteiger partial charge in [-0.25, -0.2) is 8.42 Å².